The Morgan fingerprint density at radius 2 is 1.90 bits per heavy atom. The van der Waals surface area contributed by atoms with Crippen LogP contribution in [0.5, 0.6) is 0 Å². The minimum absolute atomic E-state index is 0.538. The number of hydrogen-bond acceptors (Lipinski definition) is 6. The summed E-state index contributed by atoms with van der Waals surface area (Å²) in [7, 11) is 0. The van der Waals surface area contributed by atoms with Gasteiger partial charge >= 0.3 is 0 Å². The minimum Gasteiger partial charge on any atom is -0.256 e. The van der Waals surface area contributed by atoms with Crippen LogP contribution in [0.25, 0.3) is 22.6 Å². The topological polar surface area (TPSA) is 98.1 Å². The lowest BCUT2D eigenvalue weighted by Gasteiger charge is -2.08. The molecule has 0 aliphatic carbocycles. The molecular formula is C22H26N8. The van der Waals surface area contributed by atoms with Crippen molar-refractivity contribution in [1.29, 1.82) is 0 Å². The van der Waals surface area contributed by atoms with Crippen molar-refractivity contribution < 1.29 is 0 Å². The van der Waals surface area contributed by atoms with E-state index in [4.69, 9.17) is 15.1 Å². The molecule has 0 bridgehead atoms. The molecule has 0 saturated heterocycles. The summed E-state index contributed by atoms with van der Waals surface area (Å²) in [5, 5.41) is 19.1. The van der Waals surface area contributed by atoms with E-state index in [1.54, 1.807) is 0 Å². The third kappa shape index (κ3) is 4.42. The molecule has 0 aliphatic heterocycles. The monoisotopic (exact) mass is 402 g/mol. The average Bonchev–Trinajstić information content (AvgIpc) is 3.39. The van der Waals surface area contributed by atoms with Gasteiger partial charge in [-0.2, -0.15) is 10.3 Å². The molecule has 1 aromatic carbocycles. The van der Waals surface area contributed by atoms with Gasteiger partial charge in [0.1, 0.15) is 5.82 Å². The number of hydrogen-bond donors (Lipinski definition) is 1. The number of aryl methyl sites for hydroxylation is 1. The second-order valence-electron chi connectivity index (χ2n) is 7.77. The standard InChI is InChI=1S/C22H26N8/c1-4-11-30-21(24-20(27-30)12-15(2)3)13-16-9-10-19(23-14-16)17-7-5-6-8-18(17)22-25-28-29-26-22/h5-10,14-15H,4,11-13H2,1-3H3,(H,25,26,28,29). The number of pyridine rings is 1. The molecule has 8 nitrogen and oxygen atoms in total. The van der Waals surface area contributed by atoms with Crippen LogP contribution in [0.4, 0.5) is 0 Å². The lowest BCUT2D eigenvalue weighted by atomic mass is 10.0. The van der Waals surface area contributed by atoms with Crippen molar-refractivity contribution in [1.82, 2.24) is 40.4 Å². The van der Waals surface area contributed by atoms with Crippen LogP contribution in [0.2, 0.25) is 0 Å². The molecule has 30 heavy (non-hydrogen) atoms. The van der Waals surface area contributed by atoms with E-state index in [1.165, 1.54) is 0 Å². The molecule has 0 unspecified atom stereocenters. The molecule has 1 N–H and O–H groups in total. The van der Waals surface area contributed by atoms with Gasteiger partial charge in [-0.25, -0.2) is 9.67 Å². The van der Waals surface area contributed by atoms with Gasteiger partial charge in [0.15, 0.2) is 5.82 Å². The number of tetrazole rings is 1. The molecule has 154 valence electrons. The number of rotatable bonds is 8. The molecule has 0 atom stereocenters. The van der Waals surface area contributed by atoms with Crippen LogP contribution in [0.3, 0.4) is 0 Å². The summed E-state index contributed by atoms with van der Waals surface area (Å²) in [6.07, 6.45) is 4.55. The van der Waals surface area contributed by atoms with Gasteiger partial charge in [-0.3, -0.25) is 4.98 Å². The first kappa shape index (κ1) is 19.9. The summed E-state index contributed by atoms with van der Waals surface area (Å²) < 4.78 is 2.04. The Hall–Kier alpha value is -3.42. The second-order valence-corrected chi connectivity index (χ2v) is 7.77. The van der Waals surface area contributed by atoms with Crippen LogP contribution >= 0.6 is 0 Å². The van der Waals surface area contributed by atoms with E-state index >= 15 is 0 Å². The van der Waals surface area contributed by atoms with Crippen molar-refractivity contribution in [2.24, 2.45) is 5.92 Å². The van der Waals surface area contributed by atoms with E-state index in [9.17, 15) is 0 Å². The van der Waals surface area contributed by atoms with E-state index in [1.807, 2.05) is 41.2 Å². The number of benzene rings is 1. The van der Waals surface area contributed by atoms with E-state index < -0.39 is 0 Å². The molecule has 0 saturated carbocycles. The first-order valence-corrected chi connectivity index (χ1v) is 10.3. The van der Waals surface area contributed by atoms with E-state index in [0.717, 1.165) is 53.4 Å². The fraction of sp³-hybridized carbons (Fsp3) is 0.364. The summed E-state index contributed by atoms with van der Waals surface area (Å²) >= 11 is 0. The Balaban J connectivity index is 1.58. The van der Waals surface area contributed by atoms with Gasteiger partial charge in [-0.15, -0.1) is 10.2 Å². The lowest BCUT2D eigenvalue weighted by Crippen LogP contribution is -2.06. The largest absolute Gasteiger partial charge is 0.256 e. The predicted octanol–water partition coefficient (Wildman–Crippen LogP) is 3.72. The smallest absolute Gasteiger partial charge is 0.205 e. The van der Waals surface area contributed by atoms with E-state index in [0.29, 0.717) is 18.2 Å². The SMILES string of the molecule is CCCn1nc(CC(C)C)nc1Cc1ccc(-c2ccccc2-c2nn[nH]n2)nc1. The molecule has 4 rings (SSSR count). The van der Waals surface area contributed by atoms with Gasteiger partial charge in [0.05, 0.1) is 5.69 Å². The summed E-state index contributed by atoms with van der Waals surface area (Å²) in [4.78, 5) is 9.49. The highest BCUT2D eigenvalue weighted by atomic mass is 15.5. The highest BCUT2D eigenvalue weighted by Gasteiger charge is 2.14. The molecule has 4 aromatic rings. The Morgan fingerprint density at radius 1 is 1.07 bits per heavy atom. The van der Waals surface area contributed by atoms with Crippen molar-refractivity contribution >= 4 is 0 Å². The third-order valence-electron chi connectivity index (χ3n) is 4.79. The van der Waals surface area contributed by atoms with Crippen molar-refractivity contribution in [3.63, 3.8) is 0 Å². The van der Waals surface area contributed by atoms with Crippen LogP contribution in [-0.4, -0.2) is 40.4 Å². The van der Waals surface area contributed by atoms with Crippen LogP contribution in [-0.2, 0) is 19.4 Å². The molecule has 0 amide bonds. The van der Waals surface area contributed by atoms with E-state index in [2.05, 4.69) is 47.5 Å². The van der Waals surface area contributed by atoms with Gasteiger partial charge in [0.2, 0.25) is 5.82 Å². The minimum atomic E-state index is 0.538. The number of aromatic amines is 1. The Kier molecular flexibility index (Phi) is 5.92. The van der Waals surface area contributed by atoms with Gasteiger partial charge in [-0.1, -0.05) is 51.1 Å². The van der Waals surface area contributed by atoms with Crippen LogP contribution in [0, 0.1) is 5.92 Å². The van der Waals surface area contributed by atoms with Crippen LogP contribution in [0.1, 0.15) is 44.4 Å². The van der Waals surface area contributed by atoms with Gasteiger partial charge in [0, 0.05) is 36.7 Å². The highest BCUT2D eigenvalue weighted by Crippen LogP contribution is 2.28. The quantitative estimate of drug-likeness (QED) is 0.482. The zero-order chi connectivity index (χ0) is 20.9. The van der Waals surface area contributed by atoms with Crippen LogP contribution < -0.4 is 0 Å². The number of aromatic nitrogens is 8. The average molecular weight is 403 g/mol. The van der Waals surface area contributed by atoms with E-state index in [-0.39, 0.29) is 0 Å². The van der Waals surface area contributed by atoms with Gasteiger partial charge < -0.3 is 0 Å². The maximum absolute atomic E-state index is 4.79. The second kappa shape index (κ2) is 8.94. The van der Waals surface area contributed by atoms with Crippen molar-refractivity contribution in [3.05, 3.63) is 59.8 Å². The Bertz CT molecular complexity index is 1080. The maximum atomic E-state index is 4.79. The predicted molar refractivity (Wildman–Crippen MR) is 115 cm³/mol. The molecule has 3 heterocycles. The molecule has 0 aliphatic rings. The fourth-order valence-electron chi connectivity index (χ4n) is 3.45. The third-order valence-corrected chi connectivity index (χ3v) is 4.79. The Morgan fingerprint density at radius 3 is 2.57 bits per heavy atom. The lowest BCUT2D eigenvalue weighted by molar-refractivity contribution is 0.559. The summed E-state index contributed by atoms with van der Waals surface area (Å²) in [5.74, 6) is 3.01. The van der Waals surface area contributed by atoms with Gasteiger partial charge in [-0.05, 0) is 29.2 Å². The number of nitrogens with zero attached hydrogens (tertiary/aromatic N) is 7. The zero-order valence-electron chi connectivity index (χ0n) is 17.6. The first-order chi connectivity index (χ1) is 14.6. The zero-order valence-corrected chi connectivity index (χ0v) is 17.6. The van der Waals surface area contributed by atoms with Crippen LogP contribution in [0.15, 0.2) is 42.6 Å². The normalized spacial score (nSPS) is 11.3. The summed E-state index contributed by atoms with van der Waals surface area (Å²) in [5.41, 5.74) is 3.85. The molecule has 8 heteroatoms. The highest BCUT2D eigenvalue weighted by molar-refractivity contribution is 5.78. The molecular weight excluding hydrogens is 376 g/mol. The first-order valence-electron chi connectivity index (χ1n) is 10.3. The van der Waals surface area contributed by atoms with Crippen molar-refractivity contribution in [2.75, 3.05) is 0 Å². The molecule has 0 fully saturated rings. The molecule has 3 aromatic heterocycles. The Labute approximate surface area is 175 Å². The maximum Gasteiger partial charge on any atom is 0.205 e. The molecule has 0 radical (unpaired) electrons. The summed E-state index contributed by atoms with van der Waals surface area (Å²) in [6, 6.07) is 12.1. The molecule has 0 spiro atoms. The van der Waals surface area contributed by atoms with Crippen molar-refractivity contribution in [2.45, 2.75) is 46.6 Å². The van der Waals surface area contributed by atoms with Crippen molar-refractivity contribution in [3.8, 4) is 22.6 Å². The van der Waals surface area contributed by atoms with Gasteiger partial charge in [0.25, 0.3) is 0 Å². The summed E-state index contributed by atoms with van der Waals surface area (Å²) in [6.45, 7) is 7.42. The number of nitrogens with one attached hydrogen (secondary N) is 1. The number of H-pyrrole nitrogens is 1. The fourth-order valence-corrected chi connectivity index (χ4v) is 3.45.